The topological polar surface area (TPSA) is 36.9 Å². The summed E-state index contributed by atoms with van der Waals surface area (Å²) in [5.41, 5.74) is 0. The zero-order valence-electron chi connectivity index (χ0n) is 12.5. The minimum Gasteiger partial charge on any atom is -0.374 e. The van der Waals surface area contributed by atoms with Crippen LogP contribution in [0.1, 0.15) is 17.7 Å². The van der Waals surface area contributed by atoms with Gasteiger partial charge in [-0.15, -0.1) is 35.3 Å². The number of thiophene rings is 1. The number of nitrogens with one attached hydrogen (secondary N) is 1. The maximum atomic E-state index is 6.03. The fraction of sp³-hybridized carbons (Fsp3) is 0.667. The normalized spacial score (nSPS) is 33.0. The van der Waals surface area contributed by atoms with Crippen LogP contribution in [0.3, 0.4) is 0 Å². The van der Waals surface area contributed by atoms with Crippen molar-refractivity contribution in [2.75, 3.05) is 20.1 Å². The first-order valence-electron chi connectivity index (χ1n) is 7.60. The van der Waals surface area contributed by atoms with Crippen LogP contribution < -0.4 is 5.32 Å². The number of rotatable bonds is 2. The van der Waals surface area contributed by atoms with Gasteiger partial charge >= 0.3 is 0 Å². The molecule has 7 heteroatoms. The van der Waals surface area contributed by atoms with E-state index in [-0.39, 0.29) is 24.0 Å². The van der Waals surface area contributed by atoms with Crippen LogP contribution in [-0.2, 0) is 11.3 Å². The van der Waals surface area contributed by atoms with Crippen LogP contribution in [0.2, 0.25) is 4.34 Å². The maximum absolute atomic E-state index is 6.03. The van der Waals surface area contributed by atoms with Crippen LogP contribution in [0.15, 0.2) is 17.1 Å². The second-order valence-corrected chi connectivity index (χ2v) is 7.93. The molecule has 4 nitrogen and oxygen atoms in total. The van der Waals surface area contributed by atoms with Crippen LogP contribution in [-0.4, -0.2) is 43.2 Å². The summed E-state index contributed by atoms with van der Waals surface area (Å²) in [6.07, 6.45) is 3.50. The Morgan fingerprint density at radius 2 is 2.05 bits per heavy atom. The molecule has 4 heterocycles. The average Bonchev–Trinajstić information content (AvgIpc) is 3.20. The maximum Gasteiger partial charge on any atom is 0.193 e. The summed E-state index contributed by atoms with van der Waals surface area (Å²) >= 11 is 7.60. The van der Waals surface area contributed by atoms with E-state index < -0.39 is 0 Å². The van der Waals surface area contributed by atoms with E-state index in [2.05, 4.69) is 21.3 Å². The van der Waals surface area contributed by atoms with Crippen molar-refractivity contribution in [2.45, 2.75) is 31.6 Å². The SMILES string of the molecule is CN=C(NCc1ccc(Cl)s1)N1CC2C3CCC(O3)C2C1.I. The van der Waals surface area contributed by atoms with Crippen LogP contribution >= 0.6 is 46.9 Å². The van der Waals surface area contributed by atoms with E-state index in [4.69, 9.17) is 16.3 Å². The molecule has 3 saturated heterocycles. The van der Waals surface area contributed by atoms with Gasteiger partial charge in [0.1, 0.15) is 0 Å². The number of hydrogen-bond donors (Lipinski definition) is 1. The summed E-state index contributed by atoms with van der Waals surface area (Å²) in [4.78, 5) is 8.09. The highest BCUT2D eigenvalue weighted by atomic mass is 127. The van der Waals surface area contributed by atoms with Crippen molar-refractivity contribution < 1.29 is 4.74 Å². The number of likely N-dealkylation sites (tertiary alicyclic amines) is 1. The summed E-state index contributed by atoms with van der Waals surface area (Å²) in [5.74, 6) is 2.42. The zero-order chi connectivity index (χ0) is 14.4. The fourth-order valence-electron chi connectivity index (χ4n) is 4.08. The van der Waals surface area contributed by atoms with Gasteiger partial charge in [-0.25, -0.2) is 0 Å². The van der Waals surface area contributed by atoms with Crippen LogP contribution in [0, 0.1) is 11.8 Å². The minimum absolute atomic E-state index is 0. The van der Waals surface area contributed by atoms with E-state index >= 15 is 0 Å². The van der Waals surface area contributed by atoms with Crippen LogP contribution in [0.25, 0.3) is 0 Å². The van der Waals surface area contributed by atoms with Crippen molar-refractivity contribution in [3.8, 4) is 0 Å². The van der Waals surface area contributed by atoms with E-state index in [0.29, 0.717) is 24.0 Å². The van der Waals surface area contributed by atoms with Crippen molar-refractivity contribution in [1.82, 2.24) is 10.2 Å². The smallest absolute Gasteiger partial charge is 0.193 e. The number of fused-ring (bicyclic) bond motifs is 5. The van der Waals surface area contributed by atoms with Crippen molar-refractivity contribution in [2.24, 2.45) is 16.8 Å². The monoisotopic (exact) mass is 453 g/mol. The molecule has 4 unspecified atom stereocenters. The highest BCUT2D eigenvalue weighted by molar-refractivity contribution is 14.0. The van der Waals surface area contributed by atoms with Gasteiger partial charge in [0.15, 0.2) is 5.96 Å². The molecule has 0 saturated carbocycles. The van der Waals surface area contributed by atoms with Gasteiger partial charge in [-0.2, -0.15) is 0 Å². The van der Waals surface area contributed by atoms with Gasteiger partial charge < -0.3 is 15.0 Å². The third-order valence-electron chi connectivity index (χ3n) is 5.01. The molecule has 1 aromatic heterocycles. The number of hydrogen-bond acceptors (Lipinski definition) is 3. The Morgan fingerprint density at radius 1 is 1.36 bits per heavy atom. The third-order valence-corrected chi connectivity index (χ3v) is 6.24. The predicted molar refractivity (Wildman–Crippen MR) is 101 cm³/mol. The lowest BCUT2D eigenvalue weighted by molar-refractivity contribution is 0.0767. The van der Waals surface area contributed by atoms with Gasteiger partial charge in [-0.3, -0.25) is 4.99 Å². The second-order valence-electron chi connectivity index (χ2n) is 6.13. The summed E-state index contributed by atoms with van der Waals surface area (Å²) in [7, 11) is 1.86. The number of guanidine groups is 1. The molecular weight excluding hydrogens is 433 g/mol. The molecule has 0 aliphatic carbocycles. The molecule has 0 radical (unpaired) electrons. The average molecular weight is 454 g/mol. The van der Waals surface area contributed by atoms with E-state index in [1.165, 1.54) is 17.7 Å². The molecule has 3 fully saturated rings. The highest BCUT2D eigenvalue weighted by Crippen LogP contribution is 2.47. The number of nitrogens with zero attached hydrogens (tertiary/aromatic N) is 2. The van der Waals surface area contributed by atoms with Gasteiger partial charge in [-0.05, 0) is 25.0 Å². The van der Waals surface area contributed by atoms with Gasteiger partial charge in [0.2, 0.25) is 0 Å². The van der Waals surface area contributed by atoms with Gasteiger partial charge in [0.05, 0.1) is 23.1 Å². The molecule has 0 aromatic carbocycles. The first-order valence-corrected chi connectivity index (χ1v) is 8.79. The number of halogens is 2. The van der Waals surface area contributed by atoms with Crippen molar-refractivity contribution in [3.63, 3.8) is 0 Å². The summed E-state index contributed by atoms with van der Waals surface area (Å²) in [6, 6.07) is 4.02. The Kier molecular flexibility index (Phi) is 5.21. The first-order chi connectivity index (χ1) is 10.2. The van der Waals surface area contributed by atoms with E-state index in [9.17, 15) is 0 Å². The van der Waals surface area contributed by atoms with Crippen molar-refractivity contribution >= 4 is 52.9 Å². The summed E-state index contributed by atoms with van der Waals surface area (Å²) < 4.78 is 6.87. The van der Waals surface area contributed by atoms with Crippen molar-refractivity contribution in [3.05, 3.63) is 21.3 Å². The molecule has 0 spiro atoms. The predicted octanol–water partition coefficient (Wildman–Crippen LogP) is 3.20. The van der Waals surface area contributed by atoms with Crippen LogP contribution in [0.5, 0.6) is 0 Å². The first kappa shape index (κ1) is 16.8. The lowest BCUT2D eigenvalue weighted by atomic mass is 9.82. The largest absolute Gasteiger partial charge is 0.374 e. The molecule has 3 aliphatic rings. The summed E-state index contributed by atoms with van der Waals surface area (Å²) in [6.45, 7) is 2.95. The van der Waals surface area contributed by atoms with Gasteiger partial charge in [0, 0.05) is 36.9 Å². The molecule has 1 N–H and O–H groups in total. The Labute approximate surface area is 157 Å². The molecule has 4 rings (SSSR count). The molecule has 3 aliphatic heterocycles. The number of ether oxygens (including phenoxy) is 1. The highest BCUT2D eigenvalue weighted by Gasteiger charge is 2.53. The second kappa shape index (κ2) is 6.83. The molecule has 22 heavy (non-hydrogen) atoms. The van der Waals surface area contributed by atoms with Gasteiger partial charge in [0.25, 0.3) is 0 Å². The van der Waals surface area contributed by atoms with Gasteiger partial charge in [-0.1, -0.05) is 11.6 Å². The van der Waals surface area contributed by atoms with E-state index in [1.54, 1.807) is 11.3 Å². The molecule has 122 valence electrons. The molecule has 4 atom stereocenters. The van der Waals surface area contributed by atoms with E-state index in [0.717, 1.165) is 29.9 Å². The lowest BCUT2D eigenvalue weighted by Gasteiger charge is -2.23. The third kappa shape index (κ3) is 2.99. The molecule has 2 bridgehead atoms. The summed E-state index contributed by atoms with van der Waals surface area (Å²) in [5, 5.41) is 3.47. The van der Waals surface area contributed by atoms with Crippen molar-refractivity contribution in [1.29, 1.82) is 0 Å². The Hall–Kier alpha value is -0.0500. The Bertz CT molecular complexity index is 549. The minimum atomic E-state index is 0. The van der Waals surface area contributed by atoms with E-state index in [1.807, 2.05) is 13.1 Å². The fourth-order valence-corrected chi connectivity index (χ4v) is 5.11. The Morgan fingerprint density at radius 3 is 2.59 bits per heavy atom. The van der Waals surface area contributed by atoms with Crippen LogP contribution in [0.4, 0.5) is 0 Å². The Balaban J connectivity index is 0.00000144. The zero-order valence-corrected chi connectivity index (χ0v) is 16.4. The lowest BCUT2D eigenvalue weighted by Crippen LogP contribution is -2.40. The molecule has 1 aromatic rings. The molecule has 0 amide bonds. The molecular formula is C15H21ClIN3OS. The quantitative estimate of drug-likeness (QED) is 0.424. The standard InChI is InChI=1S/C15H20ClN3OS.HI/c1-17-15(18-6-9-2-5-14(16)21-9)19-7-10-11(8-19)13-4-3-12(10)20-13;/h2,5,10-13H,3-4,6-8H2,1H3,(H,17,18);1H. The number of aliphatic imine (C=N–C) groups is 1.